The largest absolute Gasteiger partial charge is 0.459 e. The monoisotopic (exact) mass is 204 g/mol. The van der Waals surface area contributed by atoms with Crippen molar-refractivity contribution in [2.24, 2.45) is 5.73 Å². The molecule has 0 atom stereocenters. The van der Waals surface area contributed by atoms with Crippen LogP contribution in [0.4, 0.5) is 0 Å². The van der Waals surface area contributed by atoms with Gasteiger partial charge < -0.3 is 10.2 Å². The third-order valence-electron chi connectivity index (χ3n) is 2.15. The van der Waals surface area contributed by atoms with Crippen molar-refractivity contribution in [3.63, 3.8) is 0 Å². The van der Waals surface area contributed by atoms with Gasteiger partial charge in [-0.15, -0.1) is 0 Å². The van der Waals surface area contributed by atoms with Crippen LogP contribution in [0.3, 0.4) is 0 Å². The van der Waals surface area contributed by atoms with E-state index in [0.29, 0.717) is 12.3 Å². The number of carbonyl (C=O) groups excluding carboxylic acids is 1. The molecule has 15 heavy (non-hydrogen) atoms. The minimum Gasteiger partial charge on any atom is -0.459 e. The first-order chi connectivity index (χ1) is 7.31. The van der Waals surface area contributed by atoms with Crippen molar-refractivity contribution in [1.82, 2.24) is 4.57 Å². The van der Waals surface area contributed by atoms with Crippen LogP contribution in [-0.2, 0) is 6.42 Å². The maximum atomic E-state index is 11.8. The molecule has 0 saturated heterocycles. The third kappa shape index (κ3) is 1.99. The first-order valence-electron chi connectivity index (χ1n) is 4.76. The number of hydrogen-bond acceptors (Lipinski definition) is 3. The summed E-state index contributed by atoms with van der Waals surface area (Å²) in [6, 6.07) is 5.22. The van der Waals surface area contributed by atoms with Crippen LogP contribution in [0.2, 0.25) is 0 Å². The summed E-state index contributed by atoms with van der Waals surface area (Å²) in [6.45, 7) is 0.582. The summed E-state index contributed by atoms with van der Waals surface area (Å²) in [5.41, 5.74) is 6.48. The Morgan fingerprint density at radius 3 is 3.00 bits per heavy atom. The van der Waals surface area contributed by atoms with E-state index in [4.69, 9.17) is 10.2 Å². The summed E-state index contributed by atoms with van der Waals surface area (Å²) in [5.74, 6) is 0.174. The molecule has 4 nitrogen and oxygen atoms in total. The molecular weight excluding hydrogens is 192 g/mol. The van der Waals surface area contributed by atoms with Crippen LogP contribution < -0.4 is 5.73 Å². The fourth-order valence-electron chi connectivity index (χ4n) is 1.41. The lowest BCUT2D eigenvalue weighted by Crippen LogP contribution is -2.08. The van der Waals surface area contributed by atoms with E-state index >= 15 is 0 Å². The molecule has 0 aromatic carbocycles. The Labute approximate surface area is 87.3 Å². The van der Waals surface area contributed by atoms with Gasteiger partial charge in [-0.1, -0.05) is 0 Å². The molecule has 2 aromatic heterocycles. The number of furan rings is 1. The Balaban J connectivity index is 2.19. The Morgan fingerprint density at radius 1 is 1.47 bits per heavy atom. The number of rotatable bonds is 3. The predicted octanol–water partition coefficient (Wildman–Crippen LogP) is 1.27. The highest BCUT2D eigenvalue weighted by Crippen LogP contribution is 2.07. The molecule has 0 saturated carbocycles. The lowest BCUT2D eigenvalue weighted by molar-refractivity contribution is 0.0932. The molecule has 0 spiro atoms. The van der Waals surface area contributed by atoms with Gasteiger partial charge in [0.15, 0.2) is 5.76 Å². The Bertz CT molecular complexity index is 443. The average Bonchev–Trinajstić information content (AvgIpc) is 2.87. The summed E-state index contributed by atoms with van der Waals surface area (Å²) in [5, 5.41) is 0. The first kappa shape index (κ1) is 9.73. The van der Waals surface area contributed by atoms with Crippen LogP contribution in [0.15, 0.2) is 41.3 Å². The molecule has 2 rings (SSSR count). The molecule has 2 heterocycles. The van der Waals surface area contributed by atoms with Gasteiger partial charge in [0.25, 0.3) is 5.91 Å². The van der Waals surface area contributed by atoms with Crippen molar-refractivity contribution in [2.45, 2.75) is 6.42 Å². The first-order valence-corrected chi connectivity index (χ1v) is 4.76. The van der Waals surface area contributed by atoms with Crippen molar-refractivity contribution in [3.8, 4) is 0 Å². The zero-order valence-corrected chi connectivity index (χ0v) is 8.22. The summed E-state index contributed by atoms with van der Waals surface area (Å²) in [7, 11) is 0. The second-order valence-corrected chi connectivity index (χ2v) is 3.25. The minimum atomic E-state index is -0.164. The standard InChI is InChI=1S/C11H12N2O2/c12-5-3-9-4-6-13(8-9)11(14)10-2-1-7-15-10/h1-2,4,6-8H,3,5,12H2. The molecule has 0 amide bonds. The van der Waals surface area contributed by atoms with Crippen LogP contribution in [0, 0.1) is 0 Å². The van der Waals surface area contributed by atoms with Crippen molar-refractivity contribution in [3.05, 3.63) is 48.2 Å². The maximum absolute atomic E-state index is 11.8. The predicted molar refractivity (Wildman–Crippen MR) is 55.6 cm³/mol. The van der Waals surface area contributed by atoms with Crippen LogP contribution in [0.1, 0.15) is 16.1 Å². The van der Waals surface area contributed by atoms with E-state index in [1.54, 1.807) is 24.5 Å². The van der Waals surface area contributed by atoms with Gasteiger partial charge in [-0.3, -0.25) is 9.36 Å². The summed E-state index contributed by atoms with van der Waals surface area (Å²) in [6.07, 6.45) is 5.75. The quantitative estimate of drug-likeness (QED) is 0.819. The fourth-order valence-corrected chi connectivity index (χ4v) is 1.41. The van der Waals surface area contributed by atoms with Crippen molar-refractivity contribution in [2.75, 3.05) is 6.54 Å². The minimum absolute atomic E-state index is 0.164. The van der Waals surface area contributed by atoms with Crippen molar-refractivity contribution in [1.29, 1.82) is 0 Å². The van der Waals surface area contributed by atoms with Gasteiger partial charge in [-0.2, -0.15) is 0 Å². The number of nitrogens with two attached hydrogens (primary N) is 1. The van der Waals surface area contributed by atoms with E-state index < -0.39 is 0 Å². The van der Waals surface area contributed by atoms with Gasteiger partial charge in [0.05, 0.1) is 6.26 Å². The molecule has 78 valence electrons. The molecule has 0 bridgehead atoms. The zero-order valence-electron chi connectivity index (χ0n) is 8.22. The summed E-state index contributed by atoms with van der Waals surface area (Å²) >= 11 is 0. The van der Waals surface area contributed by atoms with E-state index in [1.165, 1.54) is 10.8 Å². The third-order valence-corrected chi connectivity index (χ3v) is 2.15. The van der Waals surface area contributed by atoms with E-state index in [-0.39, 0.29) is 5.91 Å². The fraction of sp³-hybridized carbons (Fsp3) is 0.182. The van der Waals surface area contributed by atoms with Gasteiger partial charge in [0.1, 0.15) is 0 Å². The molecule has 0 unspecified atom stereocenters. The summed E-state index contributed by atoms with van der Waals surface area (Å²) in [4.78, 5) is 11.8. The molecule has 0 aliphatic heterocycles. The molecule has 0 fully saturated rings. The average molecular weight is 204 g/mol. The molecule has 0 radical (unpaired) electrons. The van der Waals surface area contributed by atoms with Crippen molar-refractivity contribution >= 4 is 5.91 Å². The topological polar surface area (TPSA) is 61.2 Å². The molecule has 2 aromatic rings. The van der Waals surface area contributed by atoms with Crippen LogP contribution >= 0.6 is 0 Å². The number of carbonyl (C=O) groups is 1. The number of hydrogen-bond donors (Lipinski definition) is 1. The molecule has 4 heteroatoms. The Kier molecular flexibility index (Phi) is 2.69. The van der Waals surface area contributed by atoms with E-state index in [1.807, 2.05) is 6.07 Å². The zero-order chi connectivity index (χ0) is 10.7. The summed E-state index contributed by atoms with van der Waals surface area (Å²) < 4.78 is 6.53. The van der Waals surface area contributed by atoms with Gasteiger partial charge in [-0.05, 0) is 36.7 Å². The molecule has 2 N–H and O–H groups in total. The second-order valence-electron chi connectivity index (χ2n) is 3.25. The lowest BCUT2D eigenvalue weighted by atomic mass is 10.2. The van der Waals surface area contributed by atoms with Gasteiger partial charge in [0, 0.05) is 12.4 Å². The Hall–Kier alpha value is -1.81. The lowest BCUT2D eigenvalue weighted by Gasteiger charge is -1.97. The smallest absolute Gasteiger partial charge is 0.297 e. The highest BCUT2D eigenvalue weighted by molar-refractivity contribution is 5.93. The SMILES string of the molecule is NCCc1ccn(C(=O)c2ccco2)c1. The number of aromatic nitrogens is 1. The van der Waals surface area contributed by atoms with E-state index in [9.17, 15) is 4.79 Å². The van der Waals surface area contributed by atoms with Crippen LogP contribution in [0.25, 0.3) is 0 Å². The van der Waals surface area contributed by atoms with Gasteiger partial charge in [-0.25, -0.2) is 0 Å². The molecule has 0 aliphatic carbocycles. The van der Waals surface area contributed by atoms with E-state index in [2.05, 4.69) is 0 Å². The maximum Gasteiger partial charge on any atom is 0.297 e. The van der Waals surface area contributed by atoms with Crippen LogP contribution in [0.5, 0.6) is 0 Å². The highest BCUT2D eigenvalue weighted by atomic mass is 16.3. The second kappa shape index (κ2) is 4.14. The van der Waals surface area contributed by atoms with Gasteiger partial charge >= 0.3 is 0 Å². The van der Waals surface area contributed by atoms with E-state index in [0.717, 1.165) is 12.0 Å². The molecule has 0 aliphatic rings. The van der Waals surface area contributed by atoms with Gasteiger partial charge in [0.2, 0.25) is 0 Å². The number of nitrogens with zero attached hydrogens (tertiary/aromatic N) is 1. The van der Waals surface area contributed by atoms with Crippen LogP contribution in [-0.4, -0.2) is 17.0 Å². The molecular formula is C11H12N2O2. The highest BCUT2D eigenvalue weighted by Gasteiger charge is 2.10. The normalized spacial score (nSPS) is 10.5. The Morgan fingerprint density at radius 2 is 2.33 bits per heavy atom. The van der Waals surface area contributed by atoms with Crippen molar-refractivity contribution < 1.29 is 9.21 Å².